The van der Waals surface area contributed by atoms with Crippen molar-refractivity contribution in [3.63, 3.8) is 0 Å². The van der Waals surface area contributed by atoms with Crippen LogP contribution in [-0.2, 0) is 19.4 Å². The van der Waals surface area contributed by atoms with E-state index in [0.29, 0.717) is 23.4 Å². The Balaban J connectivity index is 1.67. The summed E-state index contributed by atoms with van der Waals surface area (Å²) < 4.78 is 38.7. The molecule has 0 radical (unpaired) electrons. The molecule has 0 aliphatic carbocycles. The van der Waals surface area contributed by atoms with Gasteiger partial charge in [0.05, 0.1) is 16.3 Å². The topological polar surface area (TPSA) is 92.3 Å². The number of anilines is 2. The van der Waals surface area contributed by atoms with Crippen molar-refractivity contribution in [2.75, 3.05) is 22.1 Å². The number of hydrogen-bond donors (Lipinski definition) is 2. The first kappa shape index (κ1) is 20.3. The summed E-state index contributed by atoms with van der Waals surface area (Å²) in [5.41, 5.74) is 1.19. The molecule has 0 bridgehead atoms. The molecule has 0 fully saturated rings. The Morgan fingerprint density at radius 2 is 2.04 bits per heavy atom. The lowest BCUT2D eigenvalue weighted by Crippen LogP contribution is -2.18. The smallest absolute Gasteiger partial charge is 0.225 e. The van der Waals surface area contributed by atoms with Gasteiger partial charge in [-0.3, -0.25) is 9.59 Å². The molecule has 148 valence electrons. The fourth-order valence-corrected chi connectivity index (χ4v) is 4.83. The Morgan fingerprint density at radius 3 is 2.79 bits per heavy atom. The number of benzene rings is 2. The Morgan fingerprint density at radius 1 is 1.25 bits per heavy atom. The number of halogens is 1. The molecule has 1 aliphatic rings. The molecule has 3 rings (SSSR count). The minimum Gasteiger partial charge on any atom is -0.326 e. The van der Waals surface area contributed by atoms with Crippen molar-refractivity contribution in [2.45, 2.75) is 29.6 Å². The highest BCUT2D eigenvalue weighted by molar-refractivity contribution is 7.99. The molecule has 9 heteroatoms. The van der Waals surface area contributed by atoms with E-state index < -0.39 is 27.3 Å². The van der Waals surface area contributed by atoms with Gasteiger partial charge in [0.2, 0.25) is 11.8 Å². The molecule has 6 nitrogen and oxygen atoms in total. The first-order valence-electron chi connectivity index (χ1n) is 8.60. The molecule has 0 aromatic heterocycles. The van der Waals surface area contributed by atoms with Gasteiger partial charge in [0.15, 0.2) is 9.84 Å². The minimum atomic E-state index is -3.72. The van der Waals surface area contributed by atoms with Crippen LogP contribution < -0.4 is 10.6 Å². The number of fused-ring (bicyclic) bond motifs is 1. The van der Waals surface area contributed by atoms with Crippen LogP contribution in [0.4, 0.5) is 15.8 Å². The lowest BCUT2D eigenvalue weighted by molar-refractivity contribution is -0.116. The molecule has 2 N–H and O–H groups in total. The van der Waals surface area contributed by atoms with Crippen LogP contribution in [-0.4, -0.2) is 31.7 Å². The highest BCUT2D eigenvalue weighted by Gasteiger charge is 2.20. The summed E-state index contributed by atoms with van der Waals surface area (Å²) in [5, 5.41) is 5.20. The van der Waals surface area contributed by atoms with Gasteiger partial charge in [0, 0.05) is 29.2 Å². The molecular formula is C19H19FN2O4S2. The van der Waals surface area contributed by atoms with Crippen LogP contribution in [0.1, 0.15) is 18.4 Å². The van der Waals surface area contributed by atoms with Crippen LogP contribution in [0, 0.1) is 12.7 Å². The zero-order valence-electron chi connectivity index (χ0n) is 15.1. The second-order valence-corrected chi connectivity index (χ2v) is 9.63. The van der Waals surface area contributed by atoms with Crippen LogP contribution in [0.2, 0.25) is 0 Å². The van der Waals surface area contributed by atoms with Gasteiger partial charge in [-0.1, -0.05) is 6.07 Å². The molecule has 0 atom stereocenters. The monoisotopic (exact) mass is 422 g/mol. The van der Waals surface area contributed by atoms with Gasteiger partial charge in [-0.2, -0.15) is 0 Å². The fraction of sp³-hybridized carbons (Fsp3) is 0.263. The molecular weight excluding hydrogens is 403 g/mol. The van der Waals surface area contributed by atoms with Crippen LogP contribution in [0.5, 0.6) is 0 Å². The van der Waals surface area contributed by atoms with Crippen molar-refractivity contribution < 1.29 is 22.4 Å². The number of hydrogen-bond acceptors (Lipinski definition) is 5. The quantitative estimate of drug-likeness (QED) is 0.771. The molecule has 28 heavy (non-hydrogen) atoms. The van der Waals surface area contributed by atoms with Crippen molar-refractivity contribution in [3.8, 4) is 0 Å². The number of amides is 2. The molecule has 0 saturated carbocycles. The highest BCUT2D eigenvalue weighted by atomic mass is 32.2. The average molecular weight is 423 g/mol. The van der Waals surface area contributed by atoms with E-state index in [-0.39, 0.29) is 22.9 Å². The third kappa shape index (κ3) is 4.90. The second kappa shape index (κ2) is 8.32. The predicted molar refractivity (Wildman–Crippen MR) is 107 cm³/mol. The van der Waals surface area contributed by atoms with Crippen molar-refractivity contribution in [1.82, 2.24) is 0 Å². The zero-order valence-corrected chi connectivity index (χ0v) is 16.8. The maximum absolute atomic E-state index is 13.5. The van der Waals surface area contributed by atoms with Gasteiger partial charge in [0.25, 0.3) is 0 Å². The molecule has 1 heterocycles. The Kier molecular flexibility index (Phi) is 6.04. The number of sulfone groups is 1. The molecule has 2 aromatic rings. The fourth-order valence-electron chi connectivity index (χ4n) is 2.63. The van der Waals surface area contributed by atoms with Crippen LogP contribution in [0.3, 0.4) is 0 Å². The summed E-state index contributed by atoms with van der Waals surface area (Å²) in [6.07, 6.45) is 0.0945. The molecule has 0 spiro atoms. The maximum atomic E-state index is 13.5. The Bertz CT molecular complexity index is 1040. The average Bonchev–Trinajstić information content (AvgIpc) is 2.83. The first-order chi connectivity index (χ1) is 13.2. The summed E-state index contributed by atoms with van der Waals surface area (Å²) in [7, 11) is -3.72. The van der Waals surface area contributed by atoms with E-state index in [2.05, 4.69) is 10.6 Å². The van der Waals surface area contributed by atoms with E-state index in [1.54, 1.807) is 19.1 Å². The van der Waals surface area contributed by atoms with Crippen molar-refractivity contribution in [1.29, 1.82) is 0 Å². The van der Waals surface area contributed by atoms with E-state index in [0.717, 1.165) is 4.90 Å². The van der Waals surface area contributed by atoms with E-state index in [1.165, 1.54) is 36.0 Å². The Labute approximate surface area is 166 Å². The largest absolute Gasteiger partial charge is 0.326 e. The first-order valence-corrected chi connectivity index (χ1v) is 11.2. The van der Waals surface area contributed by atoms with E-state index in [1.807, 2.05) is 0 Å². The number of carbonyl (C=O) groups is 2. The number of thioether (sulfide) groups is 1. The van der Waals surface area contributed by atoms with Gasteiger partial charge in [0.1, 0.15) is 5.82 Å². The molecule has 2 amide bonds. The van der Waals surface area contributed by atoms with Crippen molar-refractivity contribution >= 4 is 44.8 Å². The molecule has 0 saturated heterocycles. The summed E-state index contributed by atoms with van der Waals surface area (Å²) in [5.74, 6) is -0.899. The number of rotatable bonds is 5. The normalized spacial score (nSPS) is 14.0. The zero-order chi connectivity index (χ0) is 20.3. The van der Waals surface area contributed by atoms with Crippen molar-refractivity contribution in [3.05, 3.63) is 47.8 Å². The number of aryl methyl sites for hydroxylation is 1. The van der Waals surface area contributed by atoms with Crippen LogP contribution in [0.15, 0.2) is 46.2 Å². The third-order valence-electron chi connectivity index (χ3n) is 4.22. The van der Waals surface area contributed by atoms with Gasteiger partial charge in [-0.05, 0) is 42.8 Å². The lowest BCUT2D eigenvalue weighted by atomic mass is 10.2. The van der Waals surface area contributed by atoms with E-state index >= 15 is 0 Å². The summed E-state index contributed by atoms with van der Waals surface area (Å²) in [4.78, 5) is 24.6. The van der Waals surface area contributed by atoms with Crippen LogP contribution >= 0.6 is 11.8 Å². The maximum Gasteiger partial charge on any atom is 0.225 e. The summed E-state index contributed by atoms with van der Waals surface area (Å²) >= 11 is 1.48. The SMILES string of the molecule is Cc1ccc(NC(=O)CCS(=O)(=O)c2ccc3c(c2)NC(=O)CCS3)cc1F. The summed E-state index contributed by atoms with van der Waals surface area (Å²) in [6.45, 7) is 1.61. The van der Waals surface area contributed by atoms with E-state index in [9.17, 15) is 22.4 Å². The number of carbonyl (C=O) groups excluding carboxylic acids is 2. The van der Waals surface area contributed by atoms with Gasteiger partial charge < -0.3 is 10.6 Å². The second-order valence-electron chi connectivity index (χ2n) is 6.39. The van der Waals surface area contributed by atoms with Crippen LogP contribution in [0.25, 0.3) is 0 Å². The molecule has 1 aliphatic heterocycles. The van der Waals surface area contributed by atoms with Gasteiger partial charge >= 0.3 is 0 Å². The van der Waals surface area contributed by atoms with Gasteiger partial charge in [-0.25, -0.2) is 12.8 Å². The van der Waals surface area contributed by atoms with E-state index in [4.69, 9.17) is 0 Å². The lowest BCUT2D eigenvalue weighted by Gasteiger charge is -2.10. The van der Waals surface area contributed by atoms with Crippen molar-refractivity contribution in [2.24, 2.45) is 0 Å². The van der Waals surface area contributed by atoms with Gasteiger partial charge in [-0.15, -0.1) is 11.8 Å². The molecule has 0 unspecified atom stereocenters. The third-order valence-corrected chi connectivity index (χ3v) is 7.01. The molecule has 2 aromatic carbocycles. The highest BCUT2D eigenvalue weighted by Crippen LogP contribution is 2.33. The minimum absolute atomic E-state index is 0.0447. The predicted octanol–water partition coefficient (Wildman–Crippen LogP) is 3.37. The Hall–Kier alpha value is -2.39. The summed E-state index contributed by atoms with van der Waals surface area (Å²) in [6, 6.07) is 8.84. The standard InChI is InChI=1S/C19H19FN2O4S2/c1-12-2-3-13(10-15(12)20)21-19(24)7-9-28(25,26)14-4-5-17-16(11-14)22-18(23)6-8-27-17/h2-5,10-11H,6-9H2,1H3,(H,21,24)(H,22,23). The number of nitrogens with one attached hydrogen (secondary N) is 2.